The number of nitrogens with zero attached hydrogens (tertiary/aromatic N) is 2. The average Bonchev–Trinajstić information content (AvgIpc) is 2.56. The Hall–Kier alpha value is -1.71. The summed E-state index contributed by atoms with van der Waals surface area (Å²) < 4.78 is 28.1. The van der Waals surface area contributed by atoms with Gasteiger partial charge in [0.2, 0.25) is 16.0 Å². The van der Waals surface area contributed by atoms with Gasteiger partial charge in [-0.3, -0.25) is 0 Å². The van der Waals surface area contributed by atoms with E-state index in [0.29, 0.717) is 24.0 Å². The molecule has 0 amide bonds. The standard InChI is InChI=1S/C15H18BrN5O2S/c16-13-10-18-15-20-11-5-4-6-12(9-11)24(22,23)19-8-3-1-2-7-17-14(13)21-15/h4-6,9-10,19H,1-3,7-8H2,(H2,17,18,20,21). The van der Waals surface area contributed by atoms with E-state index in [1.165, 1.54) is 0 Å². The number of benzene rings is 1. The van der Waals surface area contributed by atoms with E-state index in [1.54, 1.807) is 30.5 Å². The molecule has 24 heavy (non-hydrogen) atoms. The van der Waals surface area contributed by atoms with Crippen LogP contribution in [-0.4, -0.2) is 31.5 Å². The SMILES string of the molecule is O=S1(=O)NCCCCCNc2nc(ncc2Br)Nc2cccc1c2. The summed E-state index contributed by atoms with van der Waals surface area (Å²) in [5.41, 5.74) is 0.612. The zero-order valence-electron chi connectivity index (χ0n) is 12.9. The topological polar surface area (TPSA) is 96.0 Å². The summed E-state index contributed by atoms with van der Waals surface area (Å²) in [6.07, 6.45) is 4.30. The predicted octanol–water partition coefficient (Wildman–Crippen LogP) is 2.86. The minimum Gasteiger partial charge on any atom is -0.369 e. The van der Waals surface area contributed by atoms with E-state index in [4.69, 9.17) is 0 Å². The van der Waals surface area contributed by atoms with Crippen LogP contribution >= 0.6 is 15.9 Å². The Bertz CT molecular complexity index is 828. The number of rotatable bonds is 0. The third-order valence-electron chi connectivity index (χ3n) is 3.58. The Labute approximate surface area is 149 Å². The van der Waals surface area contributed by atoms with E-state index in [1.807, 2.05) is 0 Å². The summed E-state index contributed by atoms with van der Waals surface area (Å²) in [6, 6.07) is 6.60. The number of hydrogen-bond donors (Lipinski definition) is 3. The maximum Gasteiger partial charge on any atom is 0.240 e. The largest absolute Gasteiger partial charge is 0.369 e. The van der Waals surface area contributed by atoms with Crippen LogP contribution in [0.1, 0.15) is 19.3 Å². The summed E-state index contributed by atoms with van der Waals surface area (Å²) in [7, 11) is -3.51. The van der Waals surface area contributed by atoms with Crippen LogP contribution in [0.25, 0.3) is 0 Å². The van der Waals surface area contributed by atoms with Gasteiger partial charge in [-0.15, -0.1) is 0 Å². The number of aromatic nitrogens is 2. The van der Waals surface area contributed by atoms with Crippen LogP contribution in [0.15, 0.2) is 39.8 Å². The van der Waals surface area contributed by atoms with E-state index < -0.39 is 10.0 Å². The molecule has 3 rings (SSSR count). The van der Waals surface area contributed by atoms with Crippen LogP contribution < -0.4 is 15.4 Å². The van der Waals surface area contributed by atoms with Crippen molar-refractivity contribution in [1.29, 1.82) is 0 Å². The molecule has 0 atom stereocenters. The normalized spacial score (nSPS) is 17.7. The number of halogens is 1. The van der Waals surface area contributed by atoms with Crippen LogP contribution in [-0.2, 0) is 10.0 Å². The molecule has 0 saturated heterocycles. The van der Waals surface area contributed by atoms with Crippen molar-refractivity contribution in [3.05, 3.63) is 34.9 Å². The molecule has 0 aliphatic carbocycles. The highest BCUT2D eigenvalue weighted by molar-refractivity contribution is 9.10. The molecule has 3 N–H and O–H groups in total. The zero-order chi connectivity index (χ0) is 17.0. The van der Waals surface area contributed by atoms with E-state index in [-0.39, 0.29) is 4.90 Å². The molecule has 0 fully saturated rings. The van der Waals surface area contributed by atoms with E-state index >= 15 is 0 Å². The third kappa shape index (κ3) is 4.22. The Kier molecular flexibility index (Phi) is 5.32. The lowest BCUT2D eigenvalue weighted by atomic mass is 10.2. The molecular formula is C15H18BrN5O2S. The minimum atomic E-state index is -3.51. The molecule has 1 aliphatic heterocycles. The fraction of sp³-hybridized carbons (Fsp3) is 0.333. The highest BCUT2D eigenvalue weighted by Crippen LogP contribution is 2.23. The van der Waals surface area contributed by atoms with Gasteiger partial charge >= 0.3 is 0 Å². The zero-order valence-corrected chi connectivity index (χ0v) is 15.3. The molecule has 128 valence electrons. The quantitative estimate of drug-likeness (QED) is 0.616. The van der Waals surface area contributed by atoms with Crippen molar-refractivity contribution in [3.63, 3.8) is 0 Å². The minimum absolute atomic E-state index is 0.220. The van der Waals surface area contributed by atoms with Crippen LogP contribution in [0, 0.1) is 0 Å². The van der Waals surface area contributed by atoms with Gasteiger partial charge in [-0.2, -0.15) is 4.98 Å². The van der Waals surface area contributed by atoms with Gasteiger partial charge in [0.1, 0.15) is 5.82 Å². The molecular weight excluding hydrogens is 394 g/mol. The maximum absolute atomic E-state index is 12.3. The van der Waals surface area contributed by atoms with Gasteiger partial charge in [-0.05, 0) is 47.0 Å². The summed E-state index contributed by atoms with van der Waals surface area (Å²) in [5.74, 6) is 1.11. The monoisotopic (exact) mass is 411 g/mol. The number of sulfonamides is 1. The Morgan fingerprint density at radius 3 is 2.83 bits per heavy atom. The predicted molar refractivity (Wildman–Crippen MR) is 97.0 cm³/mol. The van der Waals surface area contributed by atoms with Crippen LogP contribution in [0.4, 0.5) is 17.5 Å². The lowest BCUT2D eigenvalue weighted by Crippen LogP contribution is -2.24. The molecule has 4 bridgehead atoms. The first kappa shape index (κ1) is 17.1. The summed E-state index contributed by atoms with van der Waals surface area (Å²) >= 11 is 3.43. The van der Waals surface area contributed by atoms with Crippen LogP contribution in [0.2, 0.25) is 0 Å². The summed E-state index contributed by atoms with van der Waals surface area (Å²) in [4.78, 5) is 8.86. The molecule has 0 radical (unpaired) electrons. The molecule has 2 heterocycles. The fourth-order valence-corrected chi connectivity index (χ4v) is 3.80. The number of anilines is 3. The maximum atomic E-state index is 12.3. The van der Waals surface area contributed by atoms with E-state index in [9.17, 15) is 8.42 Å². The van der Waals surface area contributed by atoms with Gasteiger partial charge in [0.25, 0.3) is 0 Å². The van der Waals surface area contributed by atoms with Crippen LogP contribution in [0.5, 0.6) is 0 Å². The molecule has 1 aliphatic rings. The van der Waals surface area contributed by atoms with Crippen molar-refractivity contribution in [2.24, 2.45) is 0 Å². The van der Waals surface area contributed by atoms with Crippen molar-refractivity contribution >= 4 is 43.4 Å². The highest BCUT2D eigenvalue weighted by atomic mass is 79.9. The average molecular weight is 412 g/mol. The van der Waals surface area contributed by atoms with Gasteiger partial charge in [-0.1, -0.05) is 12.5 Å². The molecule has 1 aromatic heterocycles. The molecule has 7 nitrogen and oxygen atoms in total. The van der Waals surface area contributed by atoms with E-state index in [0.717, 1.165) is 30.3 Å². The summed E-state index contributed by atoms with van der Waals surface area (Å²) in [6.45, 7) is 1.19. The Morgan fingerprint density at radius 2 is 1.96 bits per heavy atom. The second kappa shape index (κ2) is 7.45. The Morgan fingerprint density at radius 1 is 1.12 bits per heavy atom. The summed E-state index contributed by atoms with van der Waals surface area (Å²) in [5, 5.41) is 6.31. The fourth-order valence-electron chi connectivity index (χ4n) is 2.34. The first-order valence-electron chi connectivity index (χ1n) is 7.68. The number of nitrogens with one attached hydrogen (secondary N) is 3. The number of hydrogen-bond acceptors (Lipinski definition) is 6. The van der Waals surface area contributed by atoms with Gasteiger partial charge < -0.3 is 10.6 Å². The lowest BCUT2D eigenvalue weighted by Gasteiger charge is -2.10. The van der Waals surface area contributed by atoms with E-state index in [2.05, 4.69) is 41.3 Å². The highest BCUT2D eigenvalue weighted by Gasteiger charge is 2.14. The number of fused-ring (bicyclic) bond motifs is 4. The molecule has 0 spiro atoms. The molecule has 0 unspecified atom stereocenters. The lowest BCUT2D eigenvalue weighted by molar-refractivity contribution is 0.575. The van der Waals surface area contributed by atoms with Gasteiger partial charge in [0.15, 0.2) is 0 Å². The first-order valence-corrected chi connectivity index (χ1v) is 9.95. The second-order valence-corrected chi connectivity index (χ2v) is 8.05. The smallest absolute Gasteiger partial charge is 0.240 e. The third-order valence-corrected chi connectivity index (χ3v) is 5.62. The van der Waals surface area contributed by atoms with Crippen LogP contribution in [0.3, 0.4) is 0 Å². The van der Waals surface area contributed by atoms with Crippen molar-refractivity contribution in [3.8, 4) is 0 Å². The van der Waals surface area contributed by atoms with Crippen molar-refractivity contribution in [2.45, 2.75) is 24.2 Å². The first-order chi connectivity index (χ1) is 11.5. The molecule has 9 heteroatoms. The molecule has 1 aromatic carbocycles. The molecule has 0 saturated carbocycles. The van der Waals surface area contributed by atoms with Gasteiger partial charge in [0, 0.05) is 25.0 Å². The second-order valence-electron chi connectivity index (χ2n) is 5.43. The van der Waals surface area contributed by atoms with Gasteiger partial charge in [-0.25, -0.2) is 18.1 Å². The van der Waals surface area contributed by atoms with Crippen molar-refractivity contribution < 1.29 is 8.42 Å². The van der Waals surface area contributed by atoms with Crippen molar-refractivity contribution in [1.82, 2.24) is 14.7 Å². The molecule has 2 aromatic rings. The Balaban J connectivity index is 1.95. The van der Waals surface area contributed by atoms with Gasteiger partial charge in [0.05, 0.1) is 9.37 Å². The van der Waals surface area contributed by atoms with Crippen molar-refractivity contribution in [2.75, 3.05) is 23.7 Å².